The molecule has 0 bridgehead atoms. The molecule has 3 nitrogen and oxygen atoms in total. The molecule has 27 heavy (non-hydrogen) atoms. The van der Waals surface area contributed by atoms with E-state index in [0.717, 1.165) is 42.4 Å². The molecular formula is C24H26O3. The molecule has 5 saturated carbocycles. The largest absolute Gasteiger partial charge is 0.453 e. The zero-order valence-electron chi connectivity index (χ0n) is 15.9. The van der Waals surface area contributed by atoms with Gasteiger partial charge in [-0.2, -0.15) is 0 Å². The third-order valence-corrected chi connectivity index (χ3v) is 10.8. The molecule has 8 rings (SSSR count). The van der Waals surface area contributed by atoms with Crippen LogP contribution in [0.25, 0.3) is 0 Å². The minimum Gasteiger partial charge on any atom is -0.453 e. The van der Waals surface area contributed by atoms with Crippen molar-refractivity contribution in [3.8, 4) is 0 Å². The summed E-state index contributed by atoms with van der Waals surface area (Å²) in [6.07, 6.45) is 12.0. The number of fused-ring (bicyclic) bond motifs is 9. The second-order valence-corrected chi connectivity index (χ2v) is 11.3. The Bertz CT molecular complexity index is 928. The van der Waals surface area contributed by atoms with Gasteiger partial charge in [0.1, 0.15) is 5.60 Å². The number of ether oxygens (including phenoxy) is 1. The number of allylic oxidation sites excluding steroid dienone is 1. The molecule has 0 aromatic heterocycles. The van der Waals surface area contributed by atoms with E-state index in [1.165, 1.54) is 36.8 Å². The average Bonchev–Trinajstić information content (AvgIpc) is 3.53. The normalized spacial score (nSPS) is 62.9. The van der Waals surface area contributed by atoms with Gasteiger partial charge in [-0.05, 0) is 84.7 Å². The summed E-state index contributed by atoms with van der Waals surface area (Å²) in [6.45, 7) is 2.49. The van der Waals surface area contributed by atoms with E-state index in [-0.39, 0.29) is 22.4 Å². The molecule has 7 aliphatic carbocycles. The molecule has 0 aromatic carbocycles. The molecule has 0 unspecified atom stereocenters. The van der Waals surface area contributed by atoms with Crippen molar-refractivity contribution in [3.05, 3.63) is 23.3 Å². The molecule has 10 atom stereocenters. The standard InChI is InChI=1S/C24H26O3/c1-22-4-2-12(25)7-17(22)13-8-14(13)20-16(22)3-5-23-10-11-6-19(26)27-24(11,23)18-9-15(18)21(20)23/h7,10,13-16,18,20-21H,2-6,8-9H2,1H3/t13-,14+,15-,16+,18+,20-,21+,22-,23-,24+/m1/s1. The van der Waals surface area contributed by atoms with Gasteiger partial charge in [-0.15, -0.1) is 0 Å². The quantitative estimate of drug-likeness (QED) is 0.486. The predicted octanol–water partition coefficient (Wildman–Crippen LogP) is 3.84. The Balaban J connectivity index is 1.28. The monoisotopic (exact) mass is 362 g/mol. The van der Waals surface area contributed by atoms with Crippen LogP contribution in [-0.4, -0.2) is 17.4 Å². The Morgan fingerprint density at radius 1 is 1.11 bits per heavy atom. The third kappa shape index (κ3) is 1.27. The number of esters is 1. The molecule has 1 heterocycles. The van der Waals surface area contributed by atoms with Crippen molar-refractivity contribution in [2.24, 2.45) is 52.3 Å². The van der Waals surface area contributed by atoms with Crippen LogP contribution in [0.15, 0.2) is 23.3 Å². The highest BCUT2D eigenvalue weighted by Crippen LogP contribution is 2.86. The molecule has 6 fully saturated rings. The zero-order valence-corrected chi connectivity index (χ0v) is 15.9. The number of hydrogen-bond acceptors (Lipinski definition) is 3. The minimum atomic E-state index is -0.172. The second-order valence-electron chi connectivity index (χ2n) is 11.3. The average molecular weight is 362 g/mol. The first-order valence-corrected chi connectivity index (χ1v) is 11.2. The predicted molar refractivity (Wildman–Crippen MR) is 97.3 cm³/mol. The molecule has 1 saturated heterocycles. The Hall–Kier alpha value is -1.38. The minimum absolute atomic E-state index is 0.0301. The summed E-state index contributed by atoms with van der Waals surface area (Å²) in [5.74, 6) is 5.57. The van der Waals surface area contributed by atoms with E-state index in [1.807, 2.05) is 0 Å². The molecule has 1 aliphatic heterocycles. The fourth-order valence-corrected chi connectivity index (χ4v) is 9.99. The first-order valence-electron chi connectivity index (χ1n) is 11.2. The van der Waals surface area contributed by atoms with Crippen LogP contribution in [0.1, 0.15) is 51.9 Å². The maximum Gasteiger partial charge on any atom is 0.310 e. The number of carbonyl (C=O) groups is 2. The highest BCUT2D eigenvalue weighted by atomic mass is 16.6. The van der Waals surface area contributed by atoms with Gasteiger partial charge in [0, 0.05) is 17.8 Å². The van der Waals surface area contributed by atoms with E-state index in [9.17, 15) is 9.59 Å². The van der Waals surface area contributed by atoms with Crippen molar-refractivity contribution < 1.29 is 14.3 Å². The Kier molecular flexibility index (Phi) is 2.09. The fourth-order valence-electron chi connectivity index (χ4n) is 9.99. The highest BCUT2D eigenvalue weighted by Gasteiger charge is 2.86. The number of hydrogen-bond donors (Lipinski definition) is 0. The Morgan fingerprint density at radius 2 is 2.00 bits per heavy atom. The van der Waals surface area contributed by atoms with Crippen LogP contribution < -0.4 is 0 Å². The van der Waals surface area contributed by atoms with E-state index in [4.69, 9.17) is 4.74 Å². The Morgan fingerprint density at radius 3 is 2.85 bits per heavy atom. The summed E-state index contributed by atoms with van der Waals surface area (Å²) in [5.41, 5.74) is 3.13. The van der Waals surface area contributed by atoms with Crippen LogP contribution in [-0.2, 0) is 14.3 Å². The highest BCUT2D eigenvalue weighted by molar-refractivity contribution is 5.92. The van der Waals surface area contributed by atoms with Gasteiger partial charge in [0.05, 0.1) is 6.42 Å². The van der Waals surface area contributed by atoms with Gasteiger partial charge < -0.3 is 4.74 Å². The van der Waals surface area contributed by atoms with Gasteiger partial charge in [0.25, 0.3) is 0 Å². The summed E-state index contributed by atoms with van der Waals surface area (Å²) in [6, 6.07) is 0. The molecule has 3 heteroatoms. The molecule has 140 valence electrons. The lowest BCUT2D eigenvalue weighted by molar-refractivity contribution is -0.171. The van der Waals surface area contributed by atoms with Crippen LogP contribution >= 0.6 is 0 Å². The lowest BCUT2D eigenvalue weighted by Gasteiger charge is -2.63. The number of carbonyl (C=O) groups excluding carboxylic acids is 2. The van der Waals surface area contributed by atoms with Crippen LogP contribution in [0.3, 0.4) is 0 Å². The molecule has 0 amide bonds. The summed E-state index contributed by atoms with van der Waals surface area (Å²) in [4.78, 5) is 24.3. The molecule has 0 radical (unpaired) electrons. The lowest BCUT2D eigenvalue weighted by Crippen LogP contribution is -2.62. The van der Waals surface area contributed by atoms with Gasteiger partial charge >= 0.3 is 5.97 Å². The van der Waals surface area contributed by atoms with E-state index in [0.29, 0.717) is 24.0 Å². The van der Waals surface area contributed by atoms with Crippen LogP contribution in [0.4, 0.5) is 0 Å². The molecule has 8 aliphatic rings. The summed E-state index contributed by atoms with van der Waals surface area (Å²) >= 11 is 0. The van der Waals surface area contributed by atoms with Crippen molar-refractivity contribution in [1.29, 1.82) is 0 Å². The van der Waals surface area contributed by atoms with Crippen molar-refractivity contribution in [2.75, 3.05) is 0 Å². The smallest absolute Gasteiger partial charge is 0.310 e. The van der Waals surface area contributed by atoms with Crippen molar-refractivity contribution in [2.45, 2.75) is 57.5 Å². The summed E-state index contributed by atoms with van der Waals surface area (Å²) in [5, 5.41) is 0. The zero-order chi connectivity index (χ0) is 17.9. The van der Waals surface area contributed by atoms with Crippen LogP contribution in [0, 0.1) is 52.3 Å². The second kappa shape index (κ2) is 3.86. The van der Waals surface area contributed by atoms with Crippen LogP contribution in [0.2, 0.25) is 0 Å². The number of ketones is 1. The molecular weight excluding hydrogens is 336 g/mol. The molecule has 2 spiro atoms. The first kappa shape index (κ1) is 14.6. The van der Waals surface area contributed by atoms with Gasteiger partial charge in [-0.1, -0.05) is 18.6 Å². The van der Waals surface area contributed by atoms with E-state index < -0.39 is 0 Å². The van der Waals surface area contributed by atoms with E-state index in [2.05, 4.69) is 19.1 Å². The van der Waals surface area contributed by atoms with E-state index >= 15 is 0 Å². The maximum absolute atomic E-state index is 12.2. The van der Waals surface area contributed by atoms with Crippen molar-refractivity contribution >= 4 is 11.8 Å². The third-order valence-electron chi connectivity index (χ3n) is 10.8. The molecule has 0 aromatic rings. The lowest BCUT2D eigenvalue weighted by atomic mass is 9.41. The fraction of sp³-hybridized carbons (Fsp3) is 0.750. The summed E-state index contributed by atoms with van der Waals surface area (Å²) in [7, 11) is 0. The number of rotatable bonds is 0. The van der Waals surface area contributed by atoms with E-state index in [1.54, 1.807) is 0 Å². The first-order chi connectivity index (χ1) is 13.0. The van der Waals surface area contributed by atoms with Gasteiger partial charge in [-0.25, -0.2) is 0 Å². The molecule has 0 N–H and O–H groups in total. The van der Waals surface area contributed by atoms with Crippen LogP contribution in [0.5, 0.6) is 0 Å². The van der Waals surface area contributed by atoms with Gasteiger partial charge in [0.15, 0.2) is 5.78 Å². The van der Waals surface area contributed by atoms with Gasteiger partial charge in [-0.3, -0.25) is 9.59 Å². The summed E-state index contributed by atoms with van der Waals surface area (Å²) < 4.78 is 6.20. The topological polar surface area (TPSA) is 43.4 Å². The van der Waals surface area contributed by atoms with Gasteiger partial charge in [0.2, 0.25) is 0 Å². The maximum atomic E-state index is 12.2. The Labute approximate surface area is 159 Å². The SMILES string of the molecule is C[C@]12CCC(=O)C=C1[C@@H]1C[C@@H]1[C@H]1[C@@H]3[C@@H]4C[C@@H]4[C@@]45OC(=O)CC4=C[C@]35CC[C@@H]12. The van der Waals surface area contributed by atoms with Crippen molar-refractivity contribution in [3.63, 3.8) is 0 Å². The van der Waals surface area contributed by atoms with Crippen molar-refractivity contribution in [1.82, 2.24) is 0 Å².